The van der Waals surface area contributed by atoms with E-state index in [0.717, 1.165) is 6.42 Å². The molecule has 2 atom stereocenters. The molecule has 0 saturated carbocycles. The molecule has 0 aliphatic carbocycles. The predicted molar refractivity (Wildman–Crippen MR) is 56.9 cm³/mol. The van der Waals surface area contributed by atoms with Crippen LogP contribution in [-0.2, 0) is 9.53 Å². The van der Waals surface area contributed by atoms with Gasteiger partial charge >= 0.3 is 5.97 Å². The van der Waals surface area contributed by atoms with Crippen LogP contribution in [-0.4, -0.2) is 12.1 Å². The van der Waals surface area contributed by atoms with Crippen LogP contribution in [0.1, 0.15) is 46.0 Å². The van der Waals surface area contributed by atoms with Gasteiger partial charge in [0, 0.05) is 11.5 Å². The van der Waals surface area contributed by atoms with Gasteiger partial charge in [-0.25, -0.2) is 4.79 Å². The van der Waals surface area contributed by atoms with Crippen molar-refractivity contribution >= 4 is 5.97 Å². The SMILES string of the molecule is C=C1C(=O)OC(C)C1CCCCCC. The van der Waals surface area contributed by atoms with Crippen LogP contribution in [0.4, 0.5) is 0 Å². The molecular formula is C12H20O2. The summed E-state index contributed by atoms with van der Waals surface area (Å²) in [6.07, 6.45) is 6.04. The lowest BCUT2D eigenvalue weighted by molar-refractivity contribution is -0.138. The van der Waals surface area contributed by atoms with Gasteiger partial charge in [-0.15, -0.1) is 0 Å². The number of ether oxygens (including phenoxy) is 1. The zero-order valence-corrected chi connectivity index (χ0v) is 9.21. The van der Waals surface area contributed by atoms with Crippen molar-refractivity contribution in [1.82, 2.24) is 0 Å². The molecule has 1 aliphatic rings. The zero-order chi connectivity index (χ0) is 10.6. The largest absolute Gasteiger partial charge is 0.459 e. The highest BCUT2D eigenvalue weighted by molar-refractivity contribution is 5.90. The topological polar surface area (TPSA) is 26.3 Å². The first-order valence-electron chi connectivity index (χ1n) is 5.56. The zero-order valence-electron chi connectivity index (χ0n) is 9.21. The van der Waals surface area contributed by atoms with E-state index in [1.54, 1.807) is 0 Å². The first-order valence-corrected chi connectivity index (χ1v) is 5.56. The lowest BCUT2D eigenvalue weighted by Gasteiger charge is -2.12. The number of carbonyl (C=O) groups is 1. The minimum atomic E-state index is -0.196. The normalized spacial score (nSPS) is 26.7. The molecule has 0 aromatic heterocycles. The summed E-state index contributed by atoms with van der Waals surface area (Å²) in [6, 6.07) is 0. The molecule has 1 fully saturated rings. The first-order chi connectivity index (χ1) is 6.66. The Morgan fingerprint density at radius 2 is 2.07 bits per heavy atom. The molecule has 0 aromatic rings. The summed E-state index contributed by atoms with van der Waals surface area (Å²) in [6.45, 7) is 7.95. The van der Waals surface area contributed by atoms with Gasteiger partial charge in [0.1, 0.15) is 6.10 Å². The molecule has 0 amide bonds. The highest BCUT2D eigenvalue weighted by Gasteiger charge is 2.34. The molecule has 80 valence electrons. The standard InChI is InChI=1S/C12H20O2/c1-4-5-6-7-8-11-9(2)12(13)14-10(11)3/h10-11H,2,4-8H2,1,3H3. The second kappa shape index (κ2) is 5.18. The lowest BCUT2D eigenvalue weighted by Crippen LogP contribution is -2.11. The van der Waals surface area contributed by atoms with Crippen LogP contribution in [0.5, 0.6) is 0 Å². The van der Waals surface area contributed by atoms with Gasteiger partial charge in [-0.2, -0.15) is 0 Å². The fourth-order valence-corrected chi connectivity index (χ4v) is 1.96. The Balaban J connectivity index is 2.29. The summed E-state index contributed by atoms with van der Waals surface area (Å²) < 4.78 is 5.10. The molecule has 0 N–H and O–H groups in total. The van der Waals surface area contributed by atoms with Crippen LogP contribution >= 0.6 is 0 Å². The average Bonchev–Trinajstić information content (AvgIpc) is 2.38. The maximum absolute atomic E-state index is 11.2. The van der Waals surface area contributed by atoms with Crippen molar-refractivity contribution in [1.29, 1.82) is 0 Å². The quantitative estimate of drug-likeness (QED) is 0.384. The summed E-state index contributed by atoms with van der Waals surface area (Å²) in [5.74, 6) is 0.0670. The van der Waals surface area contributed by atoms with E-state index in [2.05, 4.69) is 13.5 Å². The summed E-state index contributed by atoms with van der Waals surface area (Å²) in [5, 5.41) is 0. The van der Waals surface area contributed by atoms with Gasteiger partial charge in [-0.3, -0.25) is 0 Å². The van der Waals surface area contributed by atoms with Gasteiger partial charge in [-0.1, -0.05) is 39.2 Å². The third kappa shape index (κ3) is 2.60. The van der Waals surface area contributed by atoms with Crippen LogP contribution in [0.2, 0.25) is 0 Å². The third-order valence-electron chi connectivity index (χ3n) is 2.94. The molecule has 1 rings (SSSR count). The molecule has 1 saturated heterocycles. The Hall–Kier alpha value is -0.790. The van der Waals surface area contributed by atoms with E-state index in [1.165, 1.54) is 25.7 Å². The van der Waals surface area contributed by atoms with E-state index in [1.807, 2.05) is 6.92 Å². The second-order valence-corrected chi connectivity index (χ2v) is 4.09. The number of hydrogen-bond donors (Lipinski definition) is 0. The molecule has 2 heteroatoms. The van der Waals surface area contributed by atoms with Crippen LogP contribution in [0.15, 0.2) is 12.2 Å². The molecule has 0 spiro atoms. The van der Waals surface area contributed by atoms with Gasteiger partial charge in [0.25, 0.3) is 0 Å². The van der Waals surface area contributed by atoms with Crippen molar-refractivity contribution in [2.24, 2.45) is 5.92 Å². The molecular weight excluding hydrogens is 176 g/mol. The van der Waals surface area contributed by atoms with E-state index in [9.17, 15) is 4.79 Å². The highest BCUT2D eigenvalue weighted by Crippen LogP contribution is 2.30. The molecule has 0 bridgehead atoms. The third-order valence-corrected chi connectivity index (χ3v) is 2.94. The van der Waals surface area contributed by atoms with E-state index in [4.69, 9.17) is 4.74 Å². The Kier molecular flexibility index (Phi) is 4.18. The van der Waals surface area contributed by atoms with Crippen molar-refractivity contribution in [2.75, 3.05) is 0 Å². The monoisotopic (exact) mass is 196 g/mol. The maximum atomic E-state index is 11.2. The Morgan fingerprint density at radius 1 is 1.36 bits per heavy atom. The first kappa shape index (κ1) is 11.3. The fraction of sp³-hybridized carbons (Fsp3) is 0.750. The minimum absolute atomic E-state index is 0.0385. The number of unbranched alkanes of at least 4 members (excludes halogenated alkanes) is 3. The van der Waals surface area contributed by atoms with Gasteiger partial charge in [0.15, 0.2) is 0 Å². The Morgan fingerprint density at radius 3 is 2.57 bits per heavy atom. The number of rotatable bonds is 5. The summed E-state index contributed by atoms with van der Waals surface area (Å²) >= 11 is 0. The molecule has 1 aliphatic heterocycles. The predicted octanol–water partition coefficient (Wildman–Crippen LogP) is 3.07. The number of carbonyl (C=O) groups excluding carboxylic acids is 1. The van der Waals surface area contributed by atoms with Crippen LogP contribution in [0.3, 0.4) is 0 Å². The Bertz CT molecular complexity index is 220. The molecule has 2 nitrogen and oxygen atoms in total. The van der Waals surface area contributed by atoms with Crippen molar-refractivity contribution in [3.05, 3.63) is 12.2 Å². The van der Waals surface area contributed by atoms with Crippen molar-refractivity contribution < 1.29 is 9.53 Å². The number of hydrogen-bond acceptors (Lipinski definition) is 2. The van der Waals surface area contributed by atoms with Gasteiger partial charge in [-0.05, 0) is 13.3 Å². The Labute approximate surface area is 86.3 Å². The summed E-state index contributed by atoms with van der Waals surface area (Å²) in [7, 11) is 0. The summed E-state index contributed by atoms with van der Waals surface area (Å²) in [4.78, 5) is 11.2. The maximum Gasteiger partial charge on any atom is 0.334 e. The van der Waals surface area contributed by atoms with Crippen molar-refractivity contribution in [3.8, 4) is 0 Å². The molecule has 2 unspecified atom stereocenters. The van der Waals surface area contributed by atoms with E-state index >= 15 is 0 Å². The minimum Gasteiger partial charge on any atom is -0.459 e. The van der Waals surface area contributed by atoms with Crippen LogP contribution < -0.4 is 0 Å². The molecule has 0 aromatic carbocycles. The van der Waals surface area contributed by atoms with Gasteiger partial charge in [0.2, 0.25) is 0 Å². The van der Waals surface area contributed by atoms with Crippen molar-refractivity contribution in [3.63, 3.8) is 0 Å². The highest BCUT2D eigenvalue weighted by atomic mass is 16.5. The lowest BCUT2D eigenvalue weighted by atomic mass is 9.92. The number of esters is 1. The van der Waals surface area contributed by atoms with E-state index in [0.29, 0.717) is 5.57 Å². The smallest absolute Gasteiger partial charge is 0.334 e. The van der Waals surface area contributed by atoms with Gasteiger partial charge in [0.05, 0.1) is 0 Å². The van der Waals surface area contributed by atoms with Gasteiger partial charge < -0.3 is 4.74 Å². The van der Waals surface area contributed by atoms with E-state index < -0.39 is 0 Å². The second-order valence-electron chi connectivity index (χ2n) is 4.09. The molecule has 0 radical (unpaired) electrons. The molecule has 1 heterocycles. The average molecular weight is 196 g/mol. The summed E-state index contributed by atoms with van der Waals surface area (Å²) in [5.41, 5.74) is 0.675. The molecule has 14 heavy (non-hydrogen) atoms. The van der Waals surface area contributed by atoms with Crippen molar-refractivity contribution in [2.45, 2.75) is 52.1 Å². The van der Waals surface area contributed by atoms with Crippen LogP contribution in [0, 0.1) is 5.92 Å². The van der Waals surface area contributed by atoms with Crippen LogP contribution in [0.25, 0.3) is 0 Å². The number of cyclic esters (lactones) is 1. The van der Waals surface area contributed by atoms with E-state index in [-0.39, 0.29) is 18.0 Å². The fourth-order valence-electron chi connectivity index (χ4n) is 1.96.